The Morgan fingerprint density at radius 2 is 2.32 bits per heavy atom. The van der Waals surface area contributed by atoms with E-state index in [4.69, 9.17) is 0 Å². The maximum absolute atomic E-state index is 10.8. The predicted octanol–water partition coefficient (Wildman–Crippen LogP) is 3.24. The summed E-state index contributed by atoms with van der Waals surface area (Å²) in [7, 11) is 0. The predicted molar refractivity (Wildman–Crippen MR) is 73.1 cm³/mol. The van der Waals surface area contributed by atoms with Crippen molar-refractivity contribution in [2.75, 3.05) is 11.4 Å². The average Bonchev–Trinajstić information content (AvgIpc) is 2.46. The number of rotatable bonds is 3. The van der Waals surface area contributed by atoms with Gasteiger partial charge < -0.3 is 4.90 Å². The van der Waals surface area contributed by atoms with Crippen molar-refractivity contribution >= 4 is 11.4 Å². The van der Waals surface area contributed by atoms with Gasteiger partial charge in [0, 0.05) is 24.7 Å². The average molecular weight is 259 g/mol. The fourth-order valence-corrected chi connectivity index (χ4v) is 2.72. The lowest BCUT2D eigenvalue weighted by Crippen LogP contribution is -2.39. The summed E-state index contributed by atoms with van der Waals surface area (Å²) in [4.78, 5) is 12.5. The summed E-state index contributed by atoms with van der Waals surface area (Å²) in [6.45, 7) is 3.06. The summed E-state index contributed by atoms with van der Waals surface area (Å²) >= 11 is 0. The summed E-state index contributed by atoms with van der Waals surface area (Å²) in [6.07, 6.45) is 4.47. The van der Waals surface area contributed by atoms with Gasteiger partial charge in [0.1, 0.15) is 6.07 Å². The smallest absolute Gasteiger partial charge is 0.270 e. The third kappa shape index (κ3) is 2.68. The maximum atomic E-state index is 10.8. The number of benzene rings is 1. The van der Waals surface area contributed by atoms with Crippen LogP contribution < -0.4 is 4.90 Å². The Bertz CT molecular complexity index is 522. The molecule has 19 heavy (non-hydrogen) atoms. The van der Waals surface area contributed by atoms with Gasteiger partial charge in [-0.2, -0.15) is 5.26 Å². The first kappa shape index (κ1) is 13.3. The van der Waals surface area contributed by atoms with Crippen LogP contribution in [0.15, 0.2) is 18.2 Å². The molecule has 1 fully saturated rings. The van der Waals surface area contributed by atoms with Gasteiger partial charge in [-0.3, -0.25) is 10.1 Å². The van der Waals surface area contributed by atoms with Gasteiger partial charge in [0.25, 0.3) is 5.69 Å². The van der Waals surface area contributed by atoms with Crippen molar-refractivity contribution in [3.63, 3.8) is 0 Å². The SMILES string of the molecule is CCC1CCCCN1c1ccc([N+](=O)[O-])cc1C#N. The van der Waals surface area contributed by atoms with Crippen LogP contribution in [-0.4, -0.2) is 17.5 Å². The topological polar surface area (TPSA) is 70.2 Å². The third-order valence-corrected chi connectivity index (χ3v) is 3.72. The summed E-state index contributed by atoms with van der Waals surface area (Å²) in [6, 6.07) is 7.09. The molecular formula is C14H17N3O2. The molecule has 5 nitrogen and oxygen atoms in total. The fraction of sp³-hybridized carbons (Fsp3) is 0.500. The van der Waals surface area contributed by atoms with E-state index >= 15 is 0 Å². The van der Waals surface area contributed by atoms with E-state index in [0.717, 1.165) is 31.5 Å². The van der Waals surface area contributed by atoms with E-state index in [9.17, 15) is 15.4 Å². The molecule has 0 radical (unpaired) electrons. The lowest BCUT2D eigenvalue weighted by molar-refractivity contribution is -0.384. The molecule has 0 saturated carbocycles. The van der Waals surface area contributed by atoms with Gasteiger partial charge in [0.2, 0.25) is 0 Å². The van der Waals surface area contributed by atoms with Crippen LogP contribution in [0.3, 0.4) is 0 Å². The second-order valence-electron chi connectivity index (χ2n) is 4.82. The quantitative estimate of drug-likeness (QED) is 0.617. The molecule has 0 aliphatic carbocycles. The third-order valence-electron chi connectivity index (χ3n) is 3.72. The molecule has 1 heterocycles. The zero-order valence-electron chi connectivity index (χ0n) is 11.0. The van der Waals surface area contributed by atoms with Crippen molar-refractivity contribution in [1.29, 1.82) is 5.26 Å². The van der Waals surface area contributed by atoms with Gasteiger partial charge in [0.15, 0.2) is 0 Å². The Kier molecular flexibility index (Phi) is 4.00. The minimum atomic E-state index is -0.460. The zero-order chi connectivity index (χ0) is 13.8. The molecule has 100 valence electrons. The van der Waals surface area contributed by atoms with E-state index in [-0.39, 0.29) is 5.69 Å². The molecule has 0 N–H and O–H groups in total. The molecule has 0 aromatic heterocycles. The van der Waals surface area contributed by atoms with Crippen LogP contribution in [0.25, 0.3) is 0 Å². The molecule has 0 spiro atoms. The van der Waals surface area contributed by atoms with E-state index in [1.165, 1.54) is 18.6 Å². The molecular weight excluding hydrogens is 242 g/mol. The van der Waals surface area contributed by atoms with Crippen molar-refractivity contribution in [2.24, 2.45) is 0 Å². The Labute approximate surface area is 112 Å². The molecule has 1 aliphatic rings. The highest BCUT2D eigenvalue weighted by atomic mass is 16.6. The van der Waals surface area contributed by atoms with Crippen LogP contribution in [0.2, 0.25) is 0 Å². The van der Waals surface area contributed by atoms with E-state index < -0.39 is 4.92 Å². The highest BCUT2D eigenvalue weighted by Gasteiger charge is 2.24. The van der Waals surface area contributed by atoms with Crippen molar-refractivity contribution in [3.05, 3.63) is 33.9 Å². The second kappa shape index (κ2) is 5.70. The number of nitro benzene ring substituents is 1. The van der Waals surface area contributed by atoms with Gasteiger partial charge >= 0.3 is 0 Å². The number of nitro groups is 1. The maximum Gasteiger partial charge on any atom is 0.270 e. The number of piperidine rings is 1. The van der Waals surface area contributed by atoms with Crippen LogP contribution >= 0.6 is 0 Å². The number of nitrogens with zero attached hydrogens (tertiary/aromatic N) is 3. The highest BCUT2D eigenvalue weighted by Crippen LogP contribution is 2.31. The zero-order valence-corrected chi connectivity index (χ0v) is 11.0. The van der Waals surface area contributed by atoms with Gasteiger partial charge in [-0.1, -0.05) is 6.92 Å². The lowest BCUT2D eigenvalue weighted by Gasteiger charge is -2.37. The van der Waals surface area contributed by atoms with Crippen molar-refractivity contribution in [3.8, 4) is 6.07 Å². The minimum Gasteiger partial charge on any atom is -0.367 e. The Morgan fingerprint density at radius 1 is 1.53 bits per heavy atom. The molecule has 1 aromatic carbocycles. The van der Waals surface area contributed by atoms with Crippen LogP contribution in [-0.2, 0) is 0 Å². The van der Waals surface area contributed by atoms with Gasteiger partial charge in [0.05, 0.1) is 16.2 Å². The lowest BCUT2D eigenvalue weighted by atomic mass is 9.98. The fourth-order valence-electron chi connectivity index (χ4n) is 2.72. The van der Waals surface area contributed by atoms with Crippen molar-refractivity contribution in [1.82, 2.24) is 0 Å². The molecule has 1 unspecified atom stereocenters. The number of hydrogen-bond acceptors (Lipinski definition) is 4. The van der Waals surface area contributed by atoms with E-state index in [0.29, 0.717) is 11.6 Å². The van der Waals surface area contributed by atoms with E-state index in [1.54, 1.807) is 6.07 Å². The van der Waals surface area contributed by atoms with Crippen LogP contribution in [0.5, 0.6) is 0 Å². The van der Waals surface area contributed by atoms with Crippen LogP contribution in [0.1, 0.15) is 38.2 Å². The molecule has 1 aromatic rings. The van der Waals surface area contributed by atoms with Gasteiger partial charge in [-0.15, -0.1) is 0 Å². The first-order chi connectivity index (χ1) is 9.17. The summed E-state index contributed by atoms with van der Waals surface area (Å²) in [5.74, 6) is 0. The first-order valence-electron chi connectivity index (χ1n) is 6.62. The first-order valence-corrected chi connectivity index (χ1v) is 6.62. The molecule has 1 atom stereocenters. The summed E-state index contributed by atoms with van der Waals surface area (Å²) in [5, 5.41) is 20.0. The molecule has 1 saturated heterocycles. The Morgan fingerprint density at radius 3 is 2.95 bits per heavy atom. The monoisotopic (exact) mass is 259 g/mol. The van der Waals surface area contributed by atoms with Crippen molar-refractivity contribution < 1.29 is 4.92 Å². The van der Waals surface area contributed by atoms with Crippen LogP contribution in [0, 0.1) is 21.4 Å². The molecule has 0 amide bonds. The largest absolute Gasteiger partial charge is 0.367 e. The number of hydrogen-bond donors (Lipinski definition) is 0. The second-order valence-corrected chi connectivity index (χ2v) is 4.82. The standard InChI is InChI=1S/C14H17N3O2/c1-2-12-5-3-4-8-16(12)14-7-6-13(17(18)19)9-11(14)10-15/h6-7,9,12H,2-5,8H2,1H3. The number of nitriles is 1. The number of non-ortho nitro benzene ring substituents is 1. The van der Waals surface area contributed by atoms with E-state index in [2.05, 4.69) is 17.9 Å². The summed E-state index contributed by atoms with van der Waals surface area (Å²) in [5.41, 5.74) is 1.21. The highest BCUT2D eigenvalue weighted by molar-refractivity contribution is 5.63. The number of anilines is 1. The minimum absolute atomic E-state index is 0.0228. The van der Waals surface area contributed by atoms with E-state index in [1.807, 2.05) is 0 Å². The molecule has 5 heteroatoms. The molecule has 1 aliphatic heterocycles. The van der Waals surface area contributed by atoms with Gasteiger partial charge in [-0.25, -0.2) is 0 Å². The summed E-state index contributed by atoms with van der Waals surface area (Å²) < 4.78 is 0. The van der Waals surface area contributed by atoms with Gasteiger partial charge in [-0.05, 0) is 31.7 Å². The Balaban J connectivity index is 2.38. The van der Waals surface area contributed by atoms with Crippen LogP contribution in [0.4, 0.5) is 11.4 Å². The van der Waals surface area contributed by atoms with Crippen molar-refractivity contribution in [2.45, 2.75) is 38.6 Å². The normalized spacial score (nSPS) is 18.9. The molecule has 2 rings (SSSR count). The molecule has 0 bridgehead atoms. The Hall–Kier alpha value is -2.09.